The molecule has 0 saturated carbocycles. The molecule has 0 spiro atoms. The summed E-state index contributed by atoms with van der Waals surface area (Å²) in [6, 6.07) is 6.10. The van der Waals surface area contributed by atoms with Crippen molar-refractivity contribution >= 4 is 11.3 Å². The molecule has 2 rings (SSSR count). The minimum atomic E-state index is -0.798. The fourth-order valence-electron chi connectivity index (χ4n) is 1.80. The van der Waals surface area contributed by atoms with Gasteiger partial charge in [0.25, 0.3) is 0 Å². The van der Waals surface area contributed by atoms with Crippen LogP contribution in [-0.4, -0.2) is 0 Å². The average molecular weight is 267 g/mol. The quantitative estimate of drug-likeness (QED) is 0.876. The van der Waals surface area contributed by atoms with Gasteiger partial charge in [-0.25, -0.2) is 8.78 Å². The van der Waals surface area contributed by atoms with Gasteiger partial charge in [-0.15, -0.1) is 11.3 Å². The Morgan fingerprint density at radius 3 is 2.72 bits per heavy atom. The van der Waals surface area contributed by atoms with Crippen LogP contribution in [0.3, 0.4) is 0 Å². The van der Waals surface area contributed by atoms with E-state index in [9.17, 15) is 8.78 Å². The summed E-state index contributed by atoms with van der Waals surface area (Å²) in [5.74, 6) is -1.56. The van der Waals surface area contributed by atoms with Gasteiger partial charge >= 0.3 is 0 Å². The van der Waals surface area contributed by atoms with Gasteiger partial charge in [0.2, 0.25) is 0 Å². The van der Waals surface area contributed by atoms with Gasteiger partial charge in [0.15, 0.2) is 11.6 Å². The molecule has 1 aromatic carbocycles. The smallest absolute Gasteiger partial charge is 0.163 e. The van der Waals surface area contributed by atoms with Crippen molar-refractivity contribution < 1.29 is 8.78 Å². The minimum Gasteiger partial charge on any atom is -0.305 e. The van der Waals surface area contributed by atoms with Crippen molar-refractivity contribution in [2.45, 2.75) is 26.4 Å². The maximum Gasteiger partial charge on any atom is 0.163 e. The van der Waals surface area contributed by atoms with Crippen LogP contribution < -0.4 is 5.32 Å². The maximum absolute atomic E-state index is 13.6. The topological polar surface area (TPSA) is 12.0 Å². The molecule has 2 aromatic rings. The van der Waals surface area contributed by atoms with Crippen LogP contribution in [0, 0.1) is 18.6 Å². The second-order valence-corrected chi connectivity index (χ2v) is 5.27. The first-order valence-electron chi connectivity index (χ1n) is 5.80. The van der Waals surface area contributed by atoms with Gasteiger partial charge in [-0.05, 0) is 36.9 Å². The molecule has 0 amide bonds. The summed E-state index contributed by atoms with van der Waals surface area (Å²) in [4.78, 5) is 1.22. The lowest BCUT2D eigenvalue weighted by Gasteiger charge is -2.15. The number of thiophene rings is 1. The lowest BCUT2D eigenvalue weighted by atomic mass is 10.1. The van der Waals surface area contributed by atoms with E-state index in [1.165, 1.54) is 16.5 Å². The fourth-order valence-corrected chi connectivity index (χ4v) is 2.65. The maximum atomic E-state index is 13.6. The Hall–Kier alpha value is -1.26. The Balaban J connectivity index is 2.06. The predicted molar refractivity (Wildman–Crippen MR) is 70.7 cm³/mol. The molecule has 1 nitrogen and oxygen atoms in total. The van der Waals surface area contributed by atoms with Gasteiger partial charge in [-0.1, -0.05) is 12.1 Å². The molecule has 0 bridgehead atoms. The Labute approximate surface area is 109 Å². The van der Waals surface area contributed by atoms with Crippen LogP contribution in [0.15, 0.2) is 29.6 Å². The van der Waals surface area contributed by atoms with Crippen LogP contribution >= 0.6 is 11.3 Å². The van der Waals surface area contributed by atoms with Gasteiger partial charge in [0, 0.05) is 23.0 Å². The van der Waals surface area contributed by atoms with E-state index >= 15 is 0 Å². The van der Waals surface area contributed by atoms with Gasteiger partial charge in [-0.2, -0.15) is 0 Å². The first kappa shape index (κ1) is 13.2. The van der Waals surface area contributed by atoms with E-state index in [0.717, 1.165) is 6.07 Å². The number of aryl methyl sites for hydroxylation is 1. The average Bonchev–Trinajstić information content (AvgIpc) is 2.75. The van der Waals surface area contributed by atoms with Crippen molar-refractivity contribution in [3.05, 3.63) is 57.3 Å². The minimum absolute atomic E-state index is 0.220. The lowest BCUT2D eigenvalue weighted by Crippen LogP contribution is -2.19. The molecule has 1 heterocycles. The molecular formula is C14H15F2NS. The summed E-state index contributed by atoms with van der Waals surface area (Å²) in [6.07, 6.45) is 0. The van der Waals surface area contributed by atoms with Crippen LogP contribution in [0.4, 0.5) is 8.78 Å². The first-order valence-corrected chi connectivity index (χ1v) is 6.68. The number of benzene rings is 1. The monoisotopic (exact) mass is 267 g/mol. The molecule has 4 heteroatoms. The zero-order valence-electron chi connectivity index (χ0n) is 10.3. The summed E-state index contributed by atoms with van der Waals surface area (Å²) in [5, 5.41) is 5.24. The summed E-state index contributed by atoms with van der Waals surface area (Å²) in [6.45, 7) is 4.54. The molecule has 0 aliphatic carbocycles. The molecular weight excluding hydrogens is 252 g/mol. The number of hydrogen-bond donors (Lipinski definition) is 1. The number of hydrogen-bond acceptors (Lipinski definition) is 2. The molecule has 96 valence electrons. The third kappa shape index (κ3) is 2.76. The van der Waals surface area contributed by atoms with E-state index in [-0.39, 0.29) is 6.04 Å². The molecule has 1 unspecified atom stereocenters. The molecule has 0 aliphatic heterocycles. The van der Waals surface area contributed by atoms with E-state index in [1.54, 1.807) is 17.4 Å². The van der Waals surface area contributed by atoms with Crippen LogP contribution in [0.5, 0.6) is 0 Å². The highest BCUT2D eigenvalue weighted by atomic mass is 32.1. The van der Waals surface area contributed by atoms with E-state index in [1.807, 2.05) is 19.2 Å². The molecule has 0 fully saturated rings. The largest absolute Gasteiger partial charge is 0.305 e. The van der Waals surface area contributed by atoms with Crippen LogP contribution in [-0.2, 0) is 6.54 Å². The zero-order chi connectivity index (χ0) is 13.1. The van der Waals surface area contributed by atoms with Crippen molar-refractivity contribution in [3.63, 3.8) is 0 Å². The fraction of sp³-hybridized carbons (Fsp3) is 0.286. The summed E-state index contributed by atoms with van der Waals surface area (Å²) in [7, 11) is 0. The normalized spacial score (nSPS) is 12.7. The van der Waals surface area contributed by atoms with E-state index in [0.29, 0.717) is 12.1 Å². The second kappa shape index (κ2) is 5.59. The van der Waals surface area contributed by atoms with Crippen molar-refractivity contribution in [1.29, 1.82) is 0 Å². The summed E-state index contributed by atoms with van der Waals surface area (Å²) >= 11 is 1.66. The van der Waals surface area contributed by atoms with Gasteiger partial charge in [-0.3, -0.25) is 0 Å². The molecule has 1 N–H and O–H groups in total. The third-order valence-corrected chi connectivity index (χ3v) is 4.01. The lowest BCUT2D eigenvalue weighted by molar-refractivity contribution is 0.473. The summed E-state index contributed by atoms with van der Waals surface area (Å²) < 4.78 is 26.7. The molecule has 0 aliphatic rings. The standard InChI is InChI=1S/C14H15F2NS/c1-9-6-7-18-13(9)8-17-10(2)11-4-3-5-12(15)14(11)16/h3-7,10,17H,8H2,1-2H3. The van der Waals surface area contributed by atoms with Crippen LogP contribution in [0.2, 0.25) is 0 Å². The van der Waals surface area contributed by atoms with Crippen molar-refractivity contribution in [1.82, 2.24) is 5.32 Å². The number of halogens is 2. The highest BCUT2D eigenvalue weighted by Gasteiger charge is 2.14. The Bertz CT molecular complexity index is 536. The highest BCUT2D eigenvalue weighted by molar-refractivity contribution is 7.10. The van der Waals surface area contributed by atoms with Crippen molar-refractivity contribution in [2.24, 2.45) is 0 Å². The van der Waals surface area contributed by atoms with Crippen LogP contribution in [0.1, 0.15) is 29.0 Å². The third-order valence-electron chi connectivity index (χ3n) is 2.98. The van der Waals surface area contributed by atoms with E-state index in [2.05, 4.69) is 11.4 Å². The van der Waals surface area contributed by atoms with Crippen molar-refractivity contribution in [2.75, 3.05) is 0 Å². The molecule has 0 saturated heterocycles. The van der Waals surface area contributed by atoms with Crippen LogP contribution in [0.25, 0.3) is 0 Å². The van der Waals surface area contributed by atoms with Crippen molar-refractivity contribution in [3.8, 4) is 0 Å². The molecule has 1 aromatic heterocycles. The van der Waals surface area contributed by atoms with E-state index < -0.39 is 11.6 Å². The van der Waals surface area contributed by atoms with Gasteiger partial charge in [0.1, 0.15) is 0 Å². The van der Waals surface area contributed by atoms with E-state index in [4.69, 9.17) is 0 Å². The summed E-state index contributed by atoms with van der Waals surface area (Å²) in [5.41, 5.74) is 1.59. The number of nitrogens with one attached hydrogen (secondary N) is 1. The predicted octanol–water partition coefficient (Wildman–Crippen LogP) is 4.19. The first-order chi connectivity index (χ1) is 8.59. The Kier molecular flexibility index (Phi) is 4.09. The molecule has 18 heavy (non-hydrogen) atoms. The van der Waals surface area contributed by atoms with Gasteiger partial charge in [0.05, 0.1) is 0 Å². The zero-order valence-corrected chi connectivity index (χ0v) is 11.2. The Morgan fingerprint density at radius 2 is 2.06 bits per heavy atom. The molecule has 1 atom stereocenters. The molecule has 0 radical (unpaired) electrons. The highest BCUT2D eigenvalue weighted by Crippen LogP contribution is 2.21. The SMILES string of the molecule is Cc1ccsc1CNC(C)c1cccc(F)c1F. The second-order valence-electron chi connectivity index (χ2n) is 4.27. The van der Waals surface area contributed by atoms with Gasteiger partial charge < -0.3 is 5.32 Å². The number of rotatable bonds is 4. The Morgan fingerprint density at radius 1 is 1.28 bits per heavy atom.